The highest BCUT2D eigenvalue weighted by molar-refractivity contribution is 7.89. The van der Waals surface area contributed by atoms with Crippen LogP contribution in [0.25, 0.3) is 21.5 Å². The van der Waals surface area contributed by atoms with Gasteiger partial charge in [-0.05, 0) is 37.3 Å². The molecular formula is C18H20N2O3S2. The SMILES string of the molecule is CCN(CC)S(=O)(=O)c1ccc2[nH]c(-c3ccc(C)s3)c(C=O)c2c1. The number of carbonyl (C=O) groups is 1. The van der Waals surface area contributed by atoms with Crippen LogP contribution < -0.4 is 0 Å². The second-order valence-corrected chi connectivity index (χ2v) is 8.96. The first-order chi connectivity index (χ1) is 11.9. The maximum Gasteiger partial charge on any atom is 0.243 e. The summed E-state index contributed by atoms with van der Waals surface area (Å²) in [6, 6.07) is 8.86. The normalized spacial score (nSPS) is 12.2. The molecule has 0 aliphatic heterocycles. The predicted octanol–water partition coefficient (Wildman–Crippen LogP) is 4.05. The highest BCUT2D eigenvalue weighted by atomic mass is 32.2. The van der Waals surface area contributed by atoms with E-state index >= 15 is 0 Å². The molecule has 0 amide bonds. The van der Waals surface area contributed by atoms with Crippen LogP contribution in [-0.2, 0) is 10.0 Å². The minimum atomic E-state index is -3.56. The number of hydrogen-bond donors (Lipinski definition) is 1. The van der Waals surface area contributed by atoms with Crippen LogP contribution in [0.4, 0.5) is 0 Å². The van der Waals surface area contributed by atoms with Gasteiger partial charge in [0, 0.05) is 34.4 Å². The molecule has 132 valence electrons. The molecule has 0 aliphatic carbocycles. The first-order valence-corrected chi connectivity index (χ1v) is 10.4. The first kappa shape index (κ1) is 17.8. The Morgan fingerprint density at radius 3 is 2.44 bits per heavy atom. The molecule has 0 saturated carbocycles. The number of nitrogens with one attached hydrogen (secondary N) is 1. The summed E-state index contributed by atoms with van der Waals surface area (Å²) < 4.78 is 26.9. The van der Waals surface area contributed by atoms with Gasteiger partial charge in [-0.25, -0.2) is 8.42 Å². The van der Waals surface area contributed by atoms with Crippen molar-refractivity contribution in [2.75, 3.05) is 13.1 Å². The van der Waals surface area contributed by atoms with Crippen molar-refractivity contribution in [3.8, 4) is 10.6 Å². The number of hydrogen-bond acceptors (Lipinski definition) is 4. The molecule has 0 atom stereocenters. The molecule has 0 bridgehead atoms. The van der Waals surface area contributed by atoms with Crippen molar-refractivity contribution >= 4 is 38.5 Å². The van der Waals surface area contributed by atoms with E-state index in [0.29, 0.717) is 24.0 Å². The largest absolute Gasteiger partial charge is 0.353 e. The molecule has 0 fully saturated rings. The molecular weight excluding hydrogens is 356 g/mol. The van der Waals surface area contributed by atoms with E-state index in [2.05, 4.69) is 4.98 Å². The summed E-state index contributed by atoms with van der Waals surface area (Å²) in [4.78, 5) is 17.3. The molecule has 1 aromatic carbocycles. The minimum Gasteiger partial charge on any atom is -0.353 e. The monoisotopic (exact) mass is 376 g/mol. The Labute approximate surface area is 151 Å². The first-order valence-electron chi connectivity index (χ1n) is 8.10. The Bertz CT molecular complexity index is 1030. The van der Waals surface area contributed by atoms with Gasteiger partial charge in [0.2, 0.25) is 10.0 Å². The number of aryl methyl sites for hydroxylation is 1. The van der Waals surface area contributed by atoms with Gasteiger partial charge in [-0.15, -0.1) is 11.3 Å². The molecule has 1 N–H and O–H groups in total. The lowest BCUT2D eigenvalue weighted by Gasteiger charge is -2.18. The lowest BCUT2D eigenvalue weighted by Crippen LogP contribution is -2.30. The van der Waals surface area contributed by atoms with Crippen molar-refractivity contribution in [1.29, 1.82) is 0 Å². The Balaban J connectivity index is 2.20. The highest BCUT2D eigenvalue weighted by Gasteiger charge is 2.23. The van der Waals surface area contributed by atoms with Crippen molar-refractivity contribution < 1.29 is 13.2 Å². The zero-order valence-electron chi connectivity index (χ0n) is 14.4. The molecule has 0 aliphatic rings. The van der Waals surface area contributed by atoms with Gasteiger partial charge in [-0.1, -0.05) is 13.8 Å². The molecule has 25 heavy (non-hydrogen) atoms. The van der Waals surface area contributed by atoms with Crippen LogP contribution >= 0.6 is 11.3 Å². The van der Waals surface area contributed by atoms with Crippen LogP contribution in [0.3, 0.4) is 0 Å². The number of aromatic amines is 1. The summed E-state index contributed by atoms with van der Waals surface area (Å²) in [5, 5.41) is 0.629. The van der Waals surface area contributed by atoms with Gasteiger partial charge < -0.3 is 4.98 Å². The van der Waals surface area contributed by atoms with E-state index in [-0.39, 0.29) is 4.90 Å². The van der Waals surface area contributed by atoms with E-state index in [9.17, 15) is 13.2 Å². The molecule has 0 spiro atoms. The fourth-order valence-corrected chi connectivity index (χ4v) is 5.32. The Morgan fingerprint density at radius 2 is 1.88 bits per heavy atom. The molecule has 5 nitrogen and oxygen atoms in total. The fourth-order valence-electron chi connectivity index (χ4n) is 2.95. The van der Waals surface area contributed by atoms with E-state index in [1.165, 1.54) is 4.31 Å². The summed E-state index contributed by atoms with van der Waals surface area (Å²) in [6.45, 7) is 6.44. The number of aromatic nitrogens is 1. The highest BCUT2D eigenvalue weighted by Crippen LogP contribution is 2.34. The minimum absolute atomic E-state index is 0.208. The van der Waals surface area contributed by atoms with E-state index in [0.717, 1.165) is 27.3 Å². The van der Waals surface area contributed by atoms with Gasteiger partial charge in [0.25, 0.3) is 0 Å². The number of sulfonamides is 1. The predicted molar refractivity (Wildman–Crippen MR) is 102 cm³/mol. The van der Waals surface area contributed by atoms with Gasteiger partial charge in [0.1, 0.15) is 0 Å². The zero-order chi connectivity index (χ0) is 18.2. The molecule has 3 aromatic rings. The van der Waals surface area contributed by atoms with Crippen LogP contribution in [0, 0.1) is 6.92 Å². The van der Waals surface area contributed by atoms with Crippen molar-refractivity contribution in [3.63, 3.8) is 0 Å². The average molecular weight is 377 g/mol. The maximum atomic E-state index is 12.7. The quantitative estimate of drug-likeness (QED) is 0.660. The second kappa shape index (κ2) is 6.74. The zero-order valence-corrected chi connectivity index (χ0v) is 16.0. The average Bonchev–Trinajstić information content (AvgIpc) is 3.17. The maximum absolute atomic E-state index is 12.7. The molecule has 0 saturated heterocycles. The van der Waals surface area contributed by atoms with Crippen molar-refractivity contribution in [1.82, 2.24) is 9.29 Å². The molecule has 0 unspecified atom stereocenters. The summed E-state index contributed by atoms with van der Waals surface area (Å²) in [5.74, 6) is 0. The van der Waals surface area contributed by atoms with Gasteiger partial charge in [-0.3, -0.25) is 4.79 Å². The van der Waals surface area contributed by atoms with Crippen LogP contribution in [0.1, 0.15) is 29.1 Å². The van der Waals surface area contributed by atoms with E-state index < -0.39 is 10.0 Å². The Hall–Kier alpha value is -1.96. The lowest BCUT2D eigenvalue weighted by atomic mass is 10.1. The summed E-state index contributed by atoms with van der Waals surface area (Å²) in [5.41, 5.74) is 1.98. The molecule has 0 radical (unpaired) electrons. The number of rotatable bonds is 6. The van der Waals surface area contributed by atoms with Gasteiger partial charge in [0.15, 0.2) is 6.29 Å². The summed E-state index contributed by atoms with van der Waals surface area (Å²) >= 11 is 1.59. The number of benzene rings is 1. The smallest absolute Gasteiger partial charge is 0.243 e. The van der Waals surface area contributed by atoms with E-state index in [1.807, 2.05) is 32.9 Å². The Kier molecular flexibility index (Phi) is 4.81. The van der Waals surface area contributed by atoms with Gasteiger partial charge in [0.05, 0.1) is 15.5 Å². The number of H-pyrrole nitrogens is 1. The number of fused-ring (bicyclic) bond motifs is 1. The standard InChI is InChI=1S/C18H20N2O3S2/c1-4-20(5-2)25(22,23)13-7-8-16-14(10-13)15(11-21)18(19-16)17-9-6-12(3)24-17/h6-11,19H,4-5H2,1-3H3. The third-order valence-corrected chi connectivity index (χ3v) is 7.32. The number of aldehydes is 1. The molecule has 2 aromatic heterocycles. The fraction of sp³-hybridized carbons (Fsp3) is 0.278. The van der Waals surface area contributed by atoms with E-state index in [1.54, 1.807) is 29.5 Å². The van der Waals surface area contributed by atoms with Crippen LogP contribution in [-0.4, -0.2) is 37.1 Å². The van der Waals surface area contributed by atoms with Crippen LogP contribution in [0.15, 0.2) is 35.2 Å². The van der Waals surface area contributed by atoms with Crippen LogP contribution in [0.2, 0.25) is 0 Å². The lowest BCUT2D eigenvalue weighted by molar-refractivity contribution is 0.112. The molecule has 2 heterocycles. The number of carbonyl (C=O) groups excluding carboxylic acids is 1. The van der Waals surface area contributed by atoms with Gasteiger partial charge in [-0.2, -0.15) is 4.31 Å². The second-order valence-electron chi connectivity index (χ2n) is 5.74. The third kappa shape index (κ3) is 3.03. The number of thiophene rings is 1. The summed E-state index contributed by atoms with van der Waals surface area (Å²) in [6.07, 6.45) is 0.789. The number of nitrogens with zero attached hydrogens (tertiary/aromatic N) is 1. The van der Waals surface area contributed by atoms with Gasteiger partial charge >= 0.3 is 0 Å². The van der Waals surface area contributed by atoms with Crippen molar-refractivity contribution in [2.45, 2.75) is 25.7 Å². The molecule has 3 rings (SSSR count). The van der Waals surface area contributed by atoms with Crippen molar-refractivity contribution in [2.24, 2.45) is 0 Å². The summed E-state index contributed by atoms with van der Waals surface area (Å²) in [7, 11) is -3.56. The van der Waals surface area contributed by atoms with Crippen molar-refractivity contribution in [3.05, 3.63) is 40.8 Å². The van der Waals surface area contributed by atoms with E-state index in [4.69, 9.17) is 0 Å². The van der Waals surface area contributed by atoms with Crippen LogP contribution in [0.5, 0.6) is 0 Å². The molecule has 7 heteroatoms. The Morgan fingerprint density at radius 1 is 1.16 bits per heavy atom. The topological polar surface area (TPSA) is 70.2 Å². The third-order valence-electron chi connectivity index (χ3n) is 4.26.